The van der Waals surface area contributed by atoms with E-state index in [4.69, 9.17) is 0 Å². The second kappa shape index (κ2) is 7.12. The molecular weight excluding hydrogens is 344 g/mol. The van der Waals surface area contributed by atoms with Crippen molar-refractivity contribution in [3.63, 3.8) is 0 Å². The molecule has 1 fully saturated rings. The number of fused-ring (bicyclic) bond motifs is 1. The van der Waals surface area contributed by atoms with Crippen molar-refractivity contribution in [1.29, 1.82) is 0 Å². The zero-order chi connectivity index (χ0) is 19.8. The average molecular weight is 375 g/mol. The molecule has 0 atom stereocenters. The molecule has 2 aromatic carbocycles. The Kier molecular flexibility index (Phi) is 4.78. The van der Waals surface area contributed by atoms with Crippen LogP contribution in [0.4, 0.5) is 5.69 Å². The number of hydrogen-bond acceptors (Lipinski definition) is 1. The Labute approximate surface area is 167 Å². The highest BCUT2D eigenvalue weighted by molar-refractivity contribution is 6.00. The standard InChI is InChI=1S/C25H30N2O/c1-4-24(2,3)22-17-18-16-20(12-13-21(18)27-22)26-23(28)25(14-8-9-15-25)19-10-6-5-7-11-19/h5-7,10-13,16-17,27H,4,8-9,14-15H2,1-3H3,(H,26,28). The lowest BCUT2D eigenvalue weighted by atomic mass is 9.78. The van der Waals surface area contributed by atoms with Crippen molar-refractivity contribution in [2.24, 2.45) is 0 Å². The molecule has 1 heterocycles. The smallest absolute Gasteiger partial charge is 0.235 e. The van der Waals surface area contributed by atoms with Crippen LogP contribution in [0.5, 0.6) is 0 Å². The summed E-state index contributed by atoms with van der Waals surface area (Å²) in [4.78, 5) is 16.9. The van der Waals surface area contributed by atoms with Crippen LogP contribution in [0.15, 0.2) is 54.6 Å². The molecule has 2 N–H and O–H groups in total. The van der Waals surface area contributed by atoms with Gasteiger partial charge in [-0.3, -0.25) is 4.79 Å². The fourth-order valence-electron chi connectivity index (χ4n) is 4.40. The zero-order valence-corrected chi connectivity index (χ0v) is 17.1. The van der Waals surface area contributed by atoms with Gasteiger partial charge in [-0.2, -0.15) is 0 Å². The number of amides is 1. The van der Waals surface area contributed by atoms with Gasteiger partial charge in [0.25, 0.3) is 0 Å². The van der Waals surface area contributed by atoms with E-state index in [0.29, 0.717) is 0 Å². The van der Waals surface area contributed by atoms with E-state index >= 15 is 0 Å². The Balaban J connectivity index is 1.63. The Bertz CT molecular complexity index is 978. The molecule has 1 saturated carbocycles. The maximum Gasteiger partial charge on any atom is 0.235 e. The lowest BCUT2D eigenvalue weighted by Crippen LogP contribution is -2.37. The molecular formula is C25H30N2O. The Morgan fingerprint density at radius 3 is 2.46 bits per heavy atom. The first-order valence-corrected chi connectivity index (χ1v) is 10.4. The topological polar surface area (TPSA) is 44.9 Å². The van der Waals surface area contributed by atoms with Crippen LogP contribution in [0.3, 0.4) is 0 Å². The van der Waals surface area contributed by atoms with Gasteiger partial charge in [-0.1, -0.05) is 63.9 Å². The first-order chi connectivity index (χ1) is 13.4. The van der Waals surface area contributed by atoms with Crippen LogP contribution in [0.2, 0.25) is 0 Å². The fourth-order valence-corrected chi connectivity index (χ4v) is 4.40. The number of aromatic nitrogens is 1. The van der Waals surface area contributed by atoms with Crippen molar-refractivity contribution in [3.8, 4) is 0 Å². The molecule has 3 heteroatoms. The predicted octanol–water partition coefficient (Wildman–Crippen LogP) is 6.31. The molecule has 3 aromatic rings. The first kappa shape index (κ1) is 18.8. The van der Waals surface area contributed by atoms with E-state index in [0.717, 1.165) is 54.3 Å². The minimum absolute atomic E-state index is 0.115. The monoisotopic (exact) mass is 374 g/mol. The molecule has 146 valence electrons. The number of carbonyl (C=O) groups excluding carboxylic acids is 1. The fraction of sp³-hybridized carbons (Fsp3) is 0.400. The van der Waals surface area contributed by atoms with Gasteiger partial charge in [0.2, 0.25) is 5.91 Å². The molecule has 0 radical (unpaired) electrons. The van der Waals surface area contributed by atoms with Gasteiger partial charge >= 0.3 is 0 Å². The van der Waals surface area contributed by atoms with Gasteiger partial charge in [-0.15, -0.1) is 0 Å². The van der Waals surface area contributed by atoms with E-state index in [1.165, 1.54) is 5.69 Å². The van der Waals surface area contributed by atoms with Crippen LogP contribution in [0, 0.1) is 0 Å². The minimum atomic E-state index is -0.399. The van der Waals surface area contributed by atoms with Crippen molar-refractivity contribution < 1.29 is 4.79 Å². The van der Waals surface area contributed by atoms with Crippen LogP contribution >= 0.6 is 0 Å². The summed E-state index contributed by atoms with van der Waals surface area (Å²) in [5, 5.41) is 4.37. The van der Waals surface area contributed by atoms with Crippen molar-refractivity contribution in [2.45, 2.75) is 63.7 Å². The minimum Gasteiger partial charge on any atom is -0.358 e. The van der Waals surface area contributed by atoms with E-state index in [1.807, 2.05) is 24.3 Å². The lowest BCUT2D eigenvalue weighted by Gasteiger charge is -2.28. The summed E-state index contributed by atoms with van der Waals surface area (Å²) < 4.78 is 0. The third-order valence-electron chi connectivity index (χ3n) is 6.71. The van der Waals surface area contributed by atoms with Crippen molar-refractivity contribution >= 4 is 22.5 Å². The number of benzene rings is 2. The number of carbonyl (C=O) groups is 1. The molecule has 0 bridgehead atoms. The maximum absolute atomic E-state index is 13.4. The molecule has 1 amide bonds. The summed E-state index contributed by atoms with van der Waals surface area (Å²) >= 11 is 0. The quantitative estimate of drug-likeness (QED) is 0.540. The third kappa shape index (κ3) is 3.23. The molecule has 28 heavy (non-hydrogen) atoms. The van der Waals surface area contributed by atoms with Gasteiger partial charge in [-0.25, -0.2) is 0 Å². The van der Waals surface area contributed by atoms with Crippen LogP contribution in [0.25, 0.3) is 10.9 Å². The largest absolute Gasteiger partial charge is 0.358 e. The van der Waals surface area contributed by atoms with Gasteiger partial charge in [0.05, 0.1) is 5.41 Å². The first-order valence-electron chi connectivity index (χ1n) is 10.4. The molecule has 1 aliphatic carbocycles. The Morgan fingerprint density at radius 2 is 1.79 bits per heavy atom. The van der Waals surface area contributed by atoms with E-state index in [-0.39, 0.29) is 11.3 Å². The summed E-state index contributed by atoms with van der Waals surface area (Å²) in [7, 11) is 0. The number of H-pyrrole nitrogens is 1. The second-order valence-corrected chi connectivity index (χ2v) is 8.83. The Morgan fingerprint density at radius 1 is 1.07 bits per heavy atom. The van der Waals surface area contributed by atoms with E-state index in [2.05, 4.69) is 61.4 Å². The highest BCUT2D eigenvalue weighted by Gasteiger charge is 2.42. The molecule has 0 unspecified atom stereocenters. The molecule has 3 nitrogen and oxygen atoms in total. The summed E-state index contributed by atoms with van der Waals surface area (Å²) in [6.07, 6.45) is 5.13. The van der Waals surface area contributed by atoms with Gasteiger partial charge in [0.15, 0.2) is 0 Å². The highest BCUT2D eigenvalue weighted by Crippen LogP contribution is 2.42. The molecule has 0 aliphatic heterocycles. The summed E-state index contributed by atoms with van der Waals surface area (Å²) in [6.45, 7) is 6.72. The van der Waals surface area contributed by atoms with Crippen molar-refractivity contribution in [1.82, 2.24) is 4.98 Å². The maximum atomic E-state index is 13.4. The van der Waals surface area contributed by atoms with Crippen molar-refractivity contribution in [2.75, 3.05) is 5.32 Å². The number of rotatable bonds is 5. The predicted molar refractivity (Wildman–Crippen MR) is 117 cm³/mol. The average Bonchev–Trinajstić information content (AvgIpc) is 3.36. The van der Waals surface area contributed by atoms with Crippen molar-refractivity contribution in [3.05, 3.63) is 65.9 Å². The number of aromatic amines is 1. The lowest BCUT2D eigenvalue weighted by molar-refractivity contribution is -0.121. The zero-order valence-electron chi connectivity index (χ0n) is 17.1. The molecule has 4 rings (SSSR count). The molecule has 1 aliphatic rings. The SMILES string of the molecule is CCC(C)(C)c1cc2cc(NC(=O)C3(c4ccccc4)CCCC3)ccc2[nH]1. The third-order valence-corrected chi connectivity index (χ3v) is 6.71. The van der Waals surface area contributed by atoms with Gasteiger partial charge < -0.3 is 10.3 Å². The van der Waals surface area contributed by atoms with E-state index in [9.17, 15) is 4.79 Å². The van der Waals surface area contributed by atoms with Crippen LogP contribution in [-0.4, -0.2) is 10.9 Å². The summed E-state index contributed by atoms with van der Waals surface area (Å²) in [6, 6.07) is 18.7. The normalized spacial score (nSPS) is 16.4. The number of anilines is 1. The summed E-state index contributed by atoms with van der Waals surface area (Å²) in [5.74, 6) is 0.125. The van der Waals surface area contributed by atoms with Gasteiger partial charge in [0.1, 0.15) is 0 Å². The van der Waals surface area contributed by atoms with Crippen LogP contribution in [0.1, 0.15) is 64.1 Å². The second-order valence-electron chi connectivity index (χ2n) is 8.83. The van der Waals surface area contributed by atoms with Crippen LogP contribution < -0.4 is 5.32 Å². The van der Waals surface area contributed by atoms with Gasteiger partial charge in [-0.05, 0) is 49.1 Å². The van der Waals surface area contributed by atoms with Crippen LogP contribution in [-0.2, 0) is 15.6 Å². The summed E-state index contributed by atoms with van der Waals surface area (Å²) in [5.41, 5.74) is 4.09. The highest BCUT2D eigenvalue weighted by atomic mass is 16.2. The molecule has 0 saturated heterocycles. The van der Waals surface area contributed by atoms with Gasteiger partial charge in [0, 0.05) is 27.7 Å². The molecule has 0 spiro atoms. The van der Waals surface area contributed by atoms with E-state index in [1.54, 1.807) is 0 Å². The van der Waals surface area contributed by atoms with E-state index < -0.39 is 5.41 Å². The molecule has 1 aromatic heterocycles. The number of hydrogen-bond donors (Lipinski definition) is 2. The Hall–Kier alpha value is -2.55. The number of nitrogens with one attached hydrogen (secondary N) is 2.